The molecule has 2 aromatic rings. The predicted octanol–water partition coefficient (Wildman–Crippen LogP) is 1.66. The van der Waals surface area contributed by atoms with Gasteiger partial charge in [0.25, 0.3) is 0 Å². The van der Waals surface area contributed by atoms with Crippen molar-refractivity contribution in [3.05, 3.63) is 30.1 Å². The number of imidazole rings is 1. The van der Waals surface area contributed by atoms with Crippen molar-refractivity contribution < 1.29 is 4.79 Å². The Bertz CT molecular complexity index is 623. The summed E-state index contributed by atoms with van der Waals surface area (Å²) in [5, 5.41) is 2.83. The van der Waals surface area contributed by atoms with Crippen molar-refractivity contribution in [2.24, 2.45) is 10.9 Å². The van der Waals surface area contributed by atoms with Crippen LogP contribution >= 0.6 is 0 Å². The molecule has 0 saturated heterocycles. The van der Waals surface area contributed by atoms with Crippen LogP contribution in [0.1, 0.15) is 19.7 Å². The first-order chi connectivity index (χ1) is 9.13. The number of benzene rings is 1. The Morgan fingerprint density at radius 2 is 2.11 bits per heavy atom. The van der Waals surface area contributed by atoms with Gasteiger partial charge in [0.05, 0.1) is 17.5 Å². The van der Waals surface area contributed by atoms with Gasteiger partial charge in [-0.3, -0.25) is 9.79 Å². The number of fused-ring (bicyclic) bond motifs is 1. The topological polar surface area (TPSA) is 70.1 Å². The third kappa shape index (κ3) is 2.23. The van der Waals surface area contributed by atoms with E-state index in [4.69, 9.17) is 0 Å². The Balaban J connectivity index is 1.82. The molecular formula is C14H16N4O. The number of aromatic nitrogens is 2. The van der Waals surface area contributed by atoms with Gasteiger partial charge in [0.15, 0.2) is 0 Å². The molecule has 98 valence electrons. The normalized spacial score (nSPS) is 19.0. The molecule has 1 atom stereocenters. The molecule has 5 heteroatoms. The number of para-hydroxylation sites is 2. The van der Waals surface area contributed by atoms with Crippen molar-refractivity contribution in [3.63, 3.8) is 0 Å². The Hall–Kier alpha value is -2.17. The van der Waals surface area contributed by atoms with Gasteiger partial charge in [0.1, 0.15) is 17.7 Å². The zero-order valence-electron chi connectivity index (χ0n) is 11.0. The summed E-state index contributed by atoms with van der Waals surface area (Å²) >= 11 is 0. The molecule has 1 unspecified atom stereocenters. The maximum Gasteiger partial charge on any atom is 0.250 e. The van der Waals surface area contributed by atoms with E-state index in [1.54, 1.807) is 0 Å². The van der Waals surface area contributed by atoms with Gasteiger partial charge >= 0.3 is 0 Å². The molecule has 1 aliphatic rings. The molecule has 1 aliphatic heterocycles. The number of aromatic amines is 1. The van der Waals surface area contributed by atoms with Gasteiger partial charge in [-0.2, -0.15) is 0 Å². The van der Waals surface area contributed by atoms with E-state index in [0.717, 1.165) is 16.9 Å². The number of hydrogen-bond donors (Lipinski definition) is 2. The van der Waals surface area contributed by atoms with E-state index in [1.807, 2.05) is 38.1 Å². The Morgan fingerprint density at radius 3 is 2.79 bits per heavy atom. The third-order valence-electron chi connectivity index (χ3n) is 3.24. The predicted molar refractivity (Wildman–Crippen MR) is 74.0 cm³/mol. The van der Waals surface area contributed by atoms with Crippen LogP contribution in [0.5, 0.6) is 0 Å². The number of aliphatic imine (C=N–C) groups is 1. The first-order valence-corrected chi connectivity index (χ1v) is 6.44. The standard InChI is InChI=1S/C14H16N4O/c1-8(2)13-14(19)18-12(17-13)7-11-15-9-5-3-4-6-10(9)16-11/h3-6,8,13H,7H2,1-2H3,(H,15,16)(H,17,18,19). The number of H-pyrrole nitrogens is 1. The van der Waals surface area contributed by atoms with Gasteiger partial charge < -0.3 is 10.3 Å². The molecule has 0 fully saturated rings. The molecule has 1 aromatic heterocycles. The monoisotopic (exact) mass is 256 g/mol. The van der Waals surface area contributed by atoms with Gasteiger partial charge in [-0.15, -0.1) is 0 Å². The lowest BCUT2D eigenvalue weighted by atomic mass is 10.1. The molecule has 5 nitrogen and oxygen atoms in total. The summed E-state index contributed by atoms with van der Waals surface area (Å²) in [6.45, 7) is 4.00. The van der Waals surface area contributed by atoms with Crippen LogP contribution in [0, 0.1) is 5.92 Å². The summed E-state index contributed by atoms with van der Waals surface area (Å²) in [6, 6.07) is 7.60. The average Bonchev–Trinajstić information content (AvgIpc) is 2.92. The fourth-order valence-corrected chi connectivity index (χ4v) is 2.26. The van der Waals surface area contributed by atoms with E-state index in [1.165, 1.54) is 0 Å². The van der Waals surface area contributed by atoms with Crippen molar-refractivity contribution in [1.29, 1.82) is 0 Å². The van der Waals surface area contributed by atoms with E-state index in [9.17, 15) is 4.79 Å². The van der Waals surface area contributed by atoms with Crippen LogP contribution in [0.4, 0.5) is 0 Å². The number of carbonyl (C=O) groups excluding carboxylic acids is 1. The van der Waals surface area contributed by atoms with Crippen LogP contribution in [0.25, 0.3) is 11.0 Å². The molecule has 0 saturated carbocycles. The fraction of sp³-hybridized carbons (Fsp3) is 0.357. The zero-order valence-corrected chi connectivity index (χ0v) is 11.0. The lowest BCUT2D eigenvalue weighted by molar-refractivity contribution is -0.120. The minimum absolute atomic E-state index is 0.0129. The zero-order chi connectivity index (χ0) is 13.4. The van der Waals surface area contributed by atoms with E-state index in [-0.39, 0.29) is 17.9 Å². The SMILES string of the molecule is CC(C)C1N=C(Cc2nc3ccccc3[nH]2)NC1=O. The van der Waals surface area contributed by atoms with Crippen LogP contribution in [-0.4, -0.2) is 27.8 Å². The summed E-state index contributed by atoms with van der Waals surface area (Å²) in [4.78, 5) is 23.9. The lowest BCUT2D eigenvalue weighted by Crippen LogP contribution is -2.32. The van der Waals surface area contributed by atoms with Crippen LogP contribution in [0.15, 0.2) is 29.3 Å². The molecular weight excluding hydrogens is 240 g/mol. The smallest absolute Gasteiger partial charge is 0.250 e. The van der Waals surface area contributed by atoms with Gasteiger partial charge in [-0.25, -0.2) is 4.98 Å². The van der Waals surface area contributed by atoms with Crippen LogP contribution in [0.3, 0.4) is 0 Å². The highest BCUT2D eigenvalue weighted by molar-refractivity contribution is 6.06. The summed E-state index contributed by atoms with van der Waals surface area (Å²) < 4.78 is 0. The molecule has 0 aliphatic carbocycles. The largest absolute Gasteiger partial charge is 0.342 e. The highest BCUT2D eigenvalue weighted by atomic mass is 16.2. The van der Waals surface area contributed by atoms with E-state index in [0.29, 0.717) is 12.3 Å². The molecule has 1 amide bonds. The van der Waals surface area contributed by atoms with Crippen molar-refractivity contribution in [1.82, 2.24) is 15.3 Å². The number of carbonyl (C=O) groups is 1. The molecule has 1 aromatic carbocycles. The maximum atomic E-state index is 11.7. The summed E-state index contributed by atoms with van der Waals surface area (Å²) in [7, 11) is 0. The summed E-state index contributed by atoms with van der Waals surface area (Å²) in [6.07, 6.45) is 0.531. The average molecular weight is 256 g/mol. The Morgan fingerprint density at radius 1 is 1.32 bits per heavy atom. The minimum Gasteiger partial charge on any atom is -0.342 e. The molecule has 2 heterocycles. The van der Waals surface area contributed by atoms with Crippen LogP contribution < -0.4 is 5.32 Å². The van der Waals surface area contributed by atoms with Gasteiger partial charge in [0, 0.05) is 0 Å². The number of rotatable bonds is 3. The van der Waals surface area contributed by atoms with Crippen LogP contribution in [-0.2, 0) is 11.2 Å². The Kier molecular flexibility index (Phi) is 2.81. The number of nitrogens with zero attached hydrogens (tertiary/aromatic N) is 2. The summed E-state index contributed by atoms with van der Waals surface area (Å²) in [5.74, 6) is 1.72. The third-order valence-corrected chi connectivity index (χ3v) is 3.24. The number of amidine groups is 1. The van der Waals surface area contributed by atoms with E-state index in [2.05, 4.69) is 20.3 Å². The number of hydrogen-bond acceptors (Lipinski definition) is 3. The fourth-order valence-electron chi connectivity index (χ4n) is 2.26. The molecule has 0 spiro atoms. The summed E-state index contributed by atoms with van der Waals surface area (Å²) in [5.41, 5.74) is 1.94. The van der Waals surface area contributed by atoms with E-state index < -0.39 is 0 Å². The second-order valence-electron chi connectivity index (χ2n) is 5.13. The molecule has 19 heavy (non-hydrogen) atoms. The van der Waals surface area contributed by atoms with Crippen molar-refractivity contribution in [2.45, 2.75) is 26.3 Å². The lowest BCUT2D eigenvalue weighted by Gasteiger charge is -2.06. The first kappa shape index (κ1) is 11.9. The quantitative estimate of drug-likeness (QED) is 0.876. The minimum atomic E-state index is -0.264. The van der Waals surface area contributed by atoms with E-state index >= 15 is 0 Å². The van der Waals surface area contributed by atoms with Gasteiger partial charge in [0.2, 0.25) is 5.91 Å². The van der Waals surface area contributed by atoms with Gasteiger partial charge in [-0.1, -0.05) is 26.0 Å². The molecule has 2 N–H and O–H groups in total. The number of nitrogens with one attached hydrogen (secondary N) is 2. The second kappa shape index (κ2) is 4.50. The van der Waals surface area contributed by atoms with Crippen molar-refractivity contribution >= 4 is 22.8 Å². The highest BCUT2D eigenvalue weighted by Gasteiger charge is 2.28. The van der Waals surface area contributed by atoms with Crippen molar-refractivity contribution in [2.75, 3.05) is 0 Å². The Labute approximate surface area is 111 Å². The molecule has 0 bridgehead atoms. The highest BCUT2D eigenvalue weighted by Crippen LogP contribution is 2.14. The second-order valence-corrected chi connectivity index (χ2v) is 5.13. The first-order valence-electron chi connectivity index (χ1n) is 6.44. The molecule has 0 radical (unpaired) electrons. The number of amides is 1. The van der Waals surface area contributed by atoms with Gasteiger partial charge in [-0.05, 0) is 18.1 Å². The maximum absolute atomic E-state index is 11.7. The molecule has 3 rings (SSSR count). The van der Waals surface area contributed by atoms with Crippen molar-refractivity contribution in [3.8, 4) is 0 Å². The van der Waals surface area contributed by atoms with Crippen LogP contribution in [0.2, 0.25) is 0 Å².